The highest BCUT2D eigenvalue weighted by atomic mass is 35.5. The van der Waals surface area contributed by atoms with E-state index in [1.54, 1.807) is 41.4 Å². The monoisotopic (exact) mass is 358 g/mol. The maximum absolute atomic E-state index is 12.4. The van der Waals surface area contributed by atoms with E-state index in [0.717, 1.165) is 0 Å². The van der Waals surface area contributed by atoms with Crippen LogP contribution in [0.3, 0.4) is 0 Å². The minimum absolute atomic E-state index is 0.0823. The number of aromatic amines is 1. The van der Waals surface area contributed by atoms with Gasteiger partial charge in [-0.25, -0.2) is 9.50 Å². The van der Waals surface area contributed by atoms with Crippen molar-refractivity contribution in [1.29, 1.82) is 0 Å². The Kier molecular flexibility index (Phi) is 3.93. The second-order valence-corrected chi connectivity index (χ2v) is 6.25. The quantitative estimate of drug-likeness (QED) is 0.772. The number of H-pyrrole nitrogens is 1. The SMILES string of the molecule is O=C(COc1cccc(Cl)c1)N1CCc2c(nc3cc[nH]n3c2=O)C1. The maximum Gasteiger partial charge on any atom is 0.276 e. The topological polar surface area (TPSA) is 79.7 Å². The second-order valence-electron chi connectivity index (χ2n) is 5.81. The van der Waals surface area contributed by atoms with Crippen LogP contribution in [-0.4, -0.2) is 38.6 Å². The van der Waals surface area contributed by atoms with Gasteiger partial charge in [-0.05, 0) is 24.6 Å². The molecule has 3 heterocycles. The lowest BCUT2D eigenvalue weighted by Gasteiger charge is -2.27. The van der Waals surface area contributed by atoms with Crippen LogP contribution >= 0.6 is 11.6 Å². The summed E-state index contributed by atoms with van der Waals surface area (Å²) in [6.45, 7) is 0.694. The zero-order valence-corrected chi connectivity index (χ0v) is 14.0. The molecule has 0 saturated heterocycles. The highest BCUT2D eigenvalue weighted by Crippen LogP contribution is 2.18. The fourth-order valence-corrected chi connectivity index (χ4v) is 3.12. The van der Waals surface area contributed by atoms with Crippen LogP contribution in [-0.2, 0) is 17.8 Å². The van der Waals surface area contributed by atoms with Gasteiger partial charge in [-0.1, -0.05) is 17.7 Å². The molecular weight excluding hydrogens is 344 g/mol. The Labute approximate surface area is 147 Å². The molecule has 0 spiro atoms. The Balaban J connectivity index is 1.49. The fraction of sp³-hybridized carbons (Fsp3) is 0.235. The molecule has 0 saturated carbocycles. The van der Waals surface area contributed by atoms with Crippen molar-refractivity contribution in [1.82, 2.24) is 19.5 Å². The molecule has 7 nitrogen and oxygen atoms in total. The summed E-state index contributed by atoms with van der Waals surface area (Å²) >= 11 is 5.90. The molecule has 1 aliphatic rings. The second kappa shape index (κ2) is 6.25. The zero-order chi connectivity index (χ0) is 17.4. The number of fused-ring (bicyclic) bond motifs is 2. The average Bonchev–Trinajstić information content (AvgIpc) is 3.08. The highest BCUT2D eigenvalue weighted by molar-refractivity contribution is 6.30. The number of hydrogen-bond donors (Lipinski definition) is 1. The molecule has 1 N–H and O–H groups in total. The van der Waals surface area contributed by atoms with Gasteiger partial charge in [0.2, 0.25) is 0 Å². The Bertz CT molecular complexity index is 1010. The van der Waals surface area contributed by atoms with Gasteiger partial charge < -0.3 is 9.64 Å². The molecular formula is C17H15ClN4O3. The Morgan fingerprint density at radius 3 is 3.08 bits per heavy atom. The molecule has 0 unspecified atom stereocenters. The van der Waals surface area contributed by atoms with Crippen LogP contribution < -0.4 is 10.3 Å². The van der Waals surface area contributed by atoms with Crippen molar-refractivity contribution >= 4 is 23.2 Å². The molecule has 128 valence electrons. The third kappa shape index (κ3) is 2.98. The molecule has 1 aromatic carbocycles. The number of carbonyl (C=O) groups excluding carboxylic acids is 1. The molecule has 25 heavy (non-hydrogen) atoms. The molecule has 0 bridgehead atoms. The number of rotatable bonds is 3. The normalized spacial score (nSPS) is 13.7. The van der Waals surface area contributed by atoms with E-state index >= 15 is 0 Å². The van der Waals surface area contributed by atoms with Crippen LogP contribution in [0.5, 0.6) is 5.75 Å². The van der Waals surface area contributed by atoms with Crippen molar-refractivity contribution in [2.45, 2.75) is 13.0 Å². The number of nitrogens with zero attached hydrogens (tertiary/aromatic N) is 3. The average molecular weight is 359 g/mol. The zero-order valence-electron chi connectivity index (χ0n) is 13.2. The summed E-state index contributed by atoms with van der Waals surface area (Å²) in [6.07, 6.45) is 2.14. The number of benzene rings is 1. The summed E-state index contributed by atoms with van der Waals surface area (Å²) in [5.74, 6) is 0.394. The summed E-state index contributed by atoms with van der Waals surface area (Å²) < 4.78 is 6.92. The molecule has 2 aromatic heterocycles. The van der Waals surface area contributed by atoms with Crippen molar-refractivity contribution < 1.29 is 9.53 Å². The van der Waals surface area contributed by atoms with Gasteiger partial charge in [0.1, 0.15) is 5.75 Å². The first kappa shape index (κ1) is 15.7. The van der Waals surface area contributed by atoms with Crippen LogP contribution in [0.1, 0.15) is 11.3 Å². The van der Waals surface area contributed by atoms with E-state index in [9.17, 15) is 9.59 Å². The molecule has 4 rings (SSSR count). The Hall–Kier alpha value is -2.80. The van der Waals surface area contributed by atoms with Crippen molar-refractivity contribution in [3.05, 3.63) is 63.2 Å². The van der Waals surface area contributed by atoms with Gasteiger partial charge in [0.25, 0.3) is 11.5 Å². The fourth-order valence-electron chi connectivity index (χ4n) is 2.94. The van der Waals surface area contributed by atoms with Crippen molar-refractivity contribution in [3.63, 3.8) is 0 Å². The number of hydrogen-bond acceptors (Lipinski definition) is 4. The van der Waals surface area contributed by atoms with Gasteiger partial charge in [0.15, 0.2) is 12.3 Å². The molecule has 0 atom stereocenters. The lowest BCUT2D eigenvalue weighted by Crippen LogP contribution is -2.41. The number of ether oxygens (including phenoxy) is 1. The van der Waals surface area contributed by atoms with Crippen LogP contribution in [0.4, 0.5) is 0 Å². The smallest absolute Gasteiger partial charge is 0.276 e. The van der Waals surface area contributed by atoms with Gasteiger partial charge in [0, 0.05) is 29.4 Å². The minimum Gasteiger partial charge on any atom is -0.484 e. The van der Waals surface area contributed by atoms with Crippen molar-refractivity contribution in [2.24, 2.45) is 0 Å². The molecule has 0 aliphatic carbocycles. The van der Waals surface area contributed by atoms with E-state index in [-0.39, 0.29) is 18.1 Å². The molecule has 0 fully saturated rings. The minimum atomic E-state index is -0.151. The van der Waals surface area contributed by atoms with Gasteiger partial charge in [0.05, 0.1) is 12.2 Å². The van der Waals surface area contributed by atoms with E-state index in [0.29, 0.717) is 47.2 Å². The van der Waals surface area contributed by atoms with E-state index in [1.165, 1.54) is 4.52 Å². The summed E-state index contributed by atoms with van der Waals surface area (Å²) in [5.41, 5.74) is 1.74. The number of amides is 1. The first-order valence-corrected chi connectivity index (χ1v) is 8.23. The summed E-state index contributed by atoms with van der Waals surface area (Å²) in [4.78, 5) is 31.0. The summed E-state index contributed by atoms with van der Waals surface area (Å²) in [5, 5.41) is 3.40. The van der Waals surface area contributed by atoms with E-state index in [4.69, 9.17) is 16.3 Å². The largest absolute Gasteiger partial charge is 0.484 e. The van der Waals surface area contributed by atoms with Gasteiger partial charge in [-0.2, -0.15) is 0 Å². The van der Waals surface area contributed by atoms with Gasteiger partial charge in [-0.15, -0.1) is 0 Å². The van der Waals surface area contributed by atoms with Crippen LogP contribution in [0, 0.1) is 0 Å². The summed E-state index contributed by atoms with van der Waals surface area (Å²) in [7, 11) is 0. The number of carbonyl (C=O) groups is 1. The first-order valence-electron chi connectivity index (χ1n) is 7.86. The van der Waals surface area contributed by atoms with Crippen molar-refractivity contribution in [2.75, 3.05) is 13.2 Å². The van der Waals surface area contributed by atoms with E-state index < -0.39 is 0 Å². The van der Waals surface area contributed by atoms with Crippen LogP contribution in [0.25, 0.3) is 5.65 Å². The number of nitrogens with one attached hydrogen (secondary N) is 1. The standard InChI is InChI=1S/C17H15ClN4O3/c18-11-2-1-3-12(8-11)25-10-16(23)21-7-5-13-14(9-21)20-15-4-6-19-22(15)17(13)24/h1-4,6,8,19H,5,7,9-10H2. The number of aromatic nitrogens is 3. The Morgan fingerprint density at radius 1 is 1.36 bits per heavy atom. The molecule has 1 amide bonds. The first-order chi connectivity index (χ1) is 12.1. The highest BCUT2D eigenvalue weighted by Gasteiger charge is 2.25. The van der Waals surface area contributed by atoms with Crippen LogP contribution in [0.15, 0.2) is 41.3 Å². The third-order valence-corrected chi connectivity index (χ3v) is 4.44. The van der Waals surface area contributed by atoms with E-state index in [2.05, 4.69) is 10.1 Å². The van der Waals surface area contributed by atoms with Crippen LogP contribution in [0.2, 0.25) is 5.02 Å². The molecule has 3 aromatic rings. The predicted octanol–water partition coefficient (Wildman–Crippen LogP) is 1.64. The predicted molar refractivity (Wildman–Crippen MR) is 91.9 cm³/mol. The van der Waals surface area contributed by atoms with Gasteiger partial charge in [-0.3, -0.25) is 14.7 Å². The lowest BCUT2D eigenvalue weighted by molar-refractivity contribution is -0.134. The number of halogens is 1. The lowest BCUT2D eigenvalue weighted by atomic mass is 10.1. The van der Waals surface area contributed by atoms with E-state index in [1.807, 2.05) is 0 Å². The van der Waals surface area contributed by atoms with Gasteiger partial charge >= 0.3 is 0 Å². The van der Waals surface area contributed by atoms with Crippen molar-refractivity contribution in [3.8, 4) is 5.75 Å². The Morgan fingerprint density at radius 2 is 2.24 bits per heavy atom. The molecule has 0 radical (unpaired) electrons. The summed E-state index contributed by atoms with van der Waals surface area (Å²) in [6, 6.07) is 8.63. The maximum atomic E-state index is 12.4. The molecule has 1 aliphatic heterocycles. The molecule has 8 heteroatoms. The third-order valence-electron chi connectivity index (χ3n) is 4.21.